The molecule has 7 heteroatoms. The van der Waals surface area contributed by atoms with Gasteiger partial charge in [-0.25, -0.2) is 8.42 Å². The number of aliphatic hydroxyl groups excluding tert-OH is 1. The monoisotopic (exact) mass is 287 g/mol. The zero-order valence-electron chi connectivity index (χ0n) is 10.5. The van der Waals surface area contributed by atoms with Crippen molar-refractivity contribution in [2.75, 3.05) is 12.4 Å². The van der Waals surface area contributed by atoms with Crippen molar-refractivity contribution < 1.29 is 23.4 Å². The third-order valence-electron chi connectivity index (χ3n) is 2.64. The molecule has 0 fully saturated rings. The van der Waals surface area contributed by atoms with Crippen LogP contribution in [0.1, 0.15) is 18.4 Å². The molecule has 0 aliphatic rings. The molecule has 0 heterocycles. The molecule has 2 unspecified atom stereocenters. The minimum atomic E-state index is -3.78. The third kappa shape index (κ3) is 4.98. The predicted octanol–water partition coefficient (Wildman–Crippen LogP) is 0.155. The van der Waals surface area contributed by atoms with Gasteiger partial charge in [0.25, 0.3) is 0 Å². The molecule has 0 aliphatic heterocycles. The van der Waals surface area contributed by atoms with Crippen molar-refractivity contribution in [1.29, 1.82) is 0 Å². The molecule has 3 N–H and O–H groups in total. The average molecular weight is 287 g/mol. The molecule has 6 nitrogen and oxygen atoms in total. The van der Waals surface area contributed by atoms with E-state index in [1.807, 2.05) is 10.8 Å². The second kappa shape index (κ2) is 6.65. The number of hydrogen-bond donors (Lipinski definition) is 3. The number of carbonyl (C=O) groups is 1. The Morgan fingerprint density at radius 1 is 1.32 bits per heavy atom. The molecule has 2 atom stereocenters. The van der Waals surface area contributed by atoms with Gasteiger partial charge in [-0.15, -0.1) is 0 Å². The van der Waals surface area contributed by atoms with Gasteiger partial charge in [-0.3, -0.25) is 4.79 Å². The molecule has 1 aromatic carbocycles. The highest BCUT2D eigenvalue weighted by atomic mass is 32.2. The molecule has 0 amide bonds. The highest BCUT2D eigenvalue weighted by Crippen LogP contribution is 2.16. The summed E-state index contributed by atoms with van der Waals surface area (Å²) in [6.45, 7) is 0.956. The number of nitrogens with one attached hydrogen (secondary N) is 1. The van der Waals surface area contributed by atoms with Crippen LogP contribution in [0, 0.1) is 0 Å². The maximum Gasteiger partial charge on any atom is 0.324 e. The second-order valence-corrected chi connectivity index (χ2v) is 6.08. The van der Waals surface area contributed by atoms with E-state index in [-0.39, 0.29) is 11.7 Å². The van der Waals surface area contributed by atoms with Gasteiger partial charge >= 0.3 is 5.97 Å². The zero-order valence-corrected chi connectivity index (χ0v) is 11.3. The molecule has 0 spiro atoms. The summed E-state index contributed by atoms with van der Waals surface area (Å²) in [6, 6.07) is 7.55. The molecule has 0 aliphatic carbocycles. The maximum absolute atomic E-state index is 11.8. The van der Waals surface area contributed by atoms with Gasteiger partial charge in [0.05, 0.1) is 12.4 Å². The average Bonchev–Trinajstić information content (AvgIpc) is 2.36. The molecule has 0 radical (unpaired) electrons. The predicted molar refractivity (Wildman–Crippen MR) is 70.3 cm³/mol. The number of hydrogen-bond acceptors (Lipinski definition) is 4. The number of sulfonamides is 1. The summed E-state index contributed by atoms with van der Waals surface area (Å²) >= 11 is 0. The summed E-state index contributed by atoms with van der Waals surface area (Å²) in [5.41, 5.74) is 0.851. The fourth-order valence-electron chi connectivity index (χ4n) is 1.64. The Morgan fingerprint density at radius 2 is 1.89 bits per heavy atom. The van der Waals surface area contributed by atoms with Crippen LogP contribution in [0.5, 0.6) is 0 Å². The van der Waals surface area contributed by atoms with Crippen molar-refractivity contribution in [3.63, 3.8) is 0 Å². The zero-order chi connectivity index (χ0) is 14.5. The first-order chi connectivity index (χ1) is 8.85. The van der Waals surface area contributed by atoms with Gasteiger partial charge < -0.3 is 10.2 Å². The number of benzene rings is 1. The number of carboxylic acids is 1. The summed E-state index contributed by atoms with van der Waals surface area (Å²) in [5.74, 6) is -1.91. The number of aliphatic hydroxyl groups is 1. The van der Waals surface area contributed by atoms with Gasteiger partial charge in [-0.1, -0.05) is 37.3 Å². The molecule has 19 heavy (non-hydrogen) atoms. The van der Waals surface area contributed by atoms with E-state index >= 15 is 0 Å². The van der Waals surface area contributed by atoms with E-state index in [0.717, 1.165) is 5.56 Å². The SMILES string of the molecule is CC(CS(=O)(=O)NC(CO)C(=O)O)c1ccccc1. The largest absolute Gasteiger partial charge is 0.480 e. The summed E-state index contributed by atoms with van der Waals surface area (Å²) in [4.78, 5) is 10.7. The van der Waals surface area contributed by atoms with E-state index in [1.165, 1.54) is 0 Å². The molecular weight excluding hydrogens is 270 g/mol. The lowest BCUT2D eigenvalue weighted by molar-refractivity contribution is -0.139. The number of aliphatic carboxylic acids is 1. The van der Waals surface area contributed by atoms with Crippen LogP contribution in [-0.2, 0) is 14.8 Å². The summed E-state index contributed by atoms with van der Waals surface area (Å²) < 4.78 is 25.6. The minimum Gasteiger partial charge on any atom is -0.480 e. The quantitative estimate of drug-likeness (QED) is 0.662. The van der Waals surface area contributed by atoms with Crippen molar-refractivity contribution >= 4 is 16.0 Å². The summed E-state index contributed by atoms with van der Waals surface area (Å²) in [5, 5.41) is 17.5. The van der Waals surface area contributed by atoms with Crippen LogP contribution in [0.3, 0.4) is 0 Å². The first-order valence-electron chi connectivity index (χ1n) is 5.74. The maximum atomic E-state index is 11.8. The molecular formula is C12H17NO5S. The molecule has 1 aromatic rings. The normalized spacial score (nSPS) is 14.8. The van der Waals surface area contributed by atoms with Crippen molar-refractivity contribution in [2.45, 2.75) is 18.9 Å². The van der Waals surface area contributed by atoms with Gasteiger partial charge in [0.1, 0.15) is 6.04 Å². The first-order valence-corrected chi connectivity index (χ1v) is 7.39. The first kappa shape index (κ1) is 15.6. The van der Waals surface area contributed by atoms with Crippen LogP contribution in [0.15, 0.2) is 30.3 Å². The highest BCUT2D eigenvalue weighted by Gasteiger charge is 2.25. The number of carboxylic acid groups (broad SMARTS) is 1. The Morgan fingerprint density at radius 3 is 2.37 bits per heavy atom. The highest BCUT2D eigenvalue weighted by molar-refractivity contribution is 7.89. The van der Waals surface area contributed by atoms with Crippen molar-refractivity contribution in [3.05, 3.63) is 35.9 Å². The fourth-order valence-corrected chi connectivity index (χ4v) is 3.19. The lowest BCUT2D eigenvalue weighted by Gasteiger charge is -2.16. The van der Waals surface area contributed by atoms with Crippen molar-refractivity contribution in [3.8, 4) is 0 Å². The van der Waals surface area contributed by atoms with Crippen LogP contribution in [-0.4, -0.2) is 43.0 Å². The van der Waals surface area contributed by atoms with Crippen molar-refractivity contribution in [1.82, 2.24) is 4.72 Å². The van der Waals surface area contributed by atoms with Gasteiger partial charge in [0, 0.05) is 0 Å². The van der Waals surface area contributed by atoms with E-state index in [2.05, 4.69) is 0 Å². The van der Waals surface area contributed by atoms with E-state index in [9.17, 15) is 13.2 Å². The second-order valence-electron chi connectivity index (χ2n) is 4.28. The van der Waals surface area contributed by atoms with E-state index in [4.69, 9.17) is 10.2 Å². The Balaban J connectivity index is 2.72. The molecule has 106 valence electrons. The van der Waals surface area contributed by atoms with E-state index in [0.29, 0.717) is 0 Å². The molecule has 0 saturated heterocycles. The van der Waals surface area contributed by atoms with Crippen LogP contribution in [0.4, 0.5) is 0 Å². The molecule has 0 saturated carbocycles. The number of rotatable bonds is 7. The minimum absolute atomic E-state index is 0.235. The van der Waals surface area contributed by atoms with Gasteiger partial charge in [0.15, 0.2) is 0 Å². The third-order valence-corrected chi connectivity index (χ3v) is 4.22. The Hall–Kier alpha value is -1.44. The molecule has 1 rings (SSSR count). The van der Waals surface area contributed by atoms with Gasteiger partial charge in [-0.2, -0.15) is 4.72 Å². The standard InChI is InChI=1S/C12H17NO5S/c1-9(10-5-3-2-4-6-10)8-19(17,18)13-11(7-14)12(15)16/h2-6,9,11,13-14H,7-8H2,1H3,(H,15,16). The van der Waals surface area contributed by atoms with E-state index in [1.54, 1.807) is 31.2 Å². The van der Waals surface area contributed by atoms with Crippen molar-refractivity contribution in [2.24, 2.45) is 0 Å². The van der Waals surface area contributed by atoms with Crippen LogP contribution in [0.2, 0.25) is 0 Å². The van der Waals surface area contributed by atoms with Crippen LogP contribution in [0.25, 0.3) is 0 Å². The Kier molecular flexibility index (Phi) is 5.46. The summed E-state index contributed by atoms with van der Waals surface area (Å²) in [7, 11) is -3.78. The molecule has 0 bridgehead atoms. The smallest absolute Gasteiger partial charge is 0.324 e. The van der Waals surface area contributed by atoms with Gasteiger partial charge in [0.2, 0.25) is 10.0 Å². The Labute approximate surface area is 112 Å². The summed E-state index contributed by atoms with van der Waals surface area (Å²) in [6.07, 6.45) is 0. The Bertz CT molecular complexity index is 514. The topological polar surface area (TPSA) is 104 Å². The lowest BCUT2D eigenvalue weighted by atomic mass is 10.0. The fraction of sp³-hybridized carbons (Fsp3) is 0.417. The van der Waals surface area contributed by atoms with Crippen LogP contribution >= 0.6 is 0 Å². The van der Waals surface area contributed by atoms with Crippen LogP contribution < -0.4 is 4.72 Å². The van der Waals surface area contributed by atoms with E-state index < -0.39 is 28.6 Å². The lowest BCUT2D eigenvalue weighted by Crippen LogP contribution is -2.44. The van der Waals surface area contributed by atoms with Gasteiger partial charge in [-0.05, 0) is 11.5 Å². The molecule has 0 aromatic heterocycles.